The molecule has 33 heavy (non-hydrogen) atoms. The molecule has 0 atom stereocenters. The molecule has 1 spiro atoms. The van der Waals surface area contributed by atoms with Crippen molar-refractivity contribution in [3.63, 3.8) is 0 Å². The van der Waals surface area contributed by atoms with Crippen molar-refractivity contribution in [3.8, 4) is 34.2 Å². The molecule has 3 heterocycles. The van der Waals surface area contributed by atoms with Gasteiger partial charge in [0, 0.05) is 31.1 Å². The Hall–Kier alpha value is -4.19. The third kappa shape index (κ3) is 2.84. The number of nitriles is 1. The van der Waals surface area contributed by atoms with E-state index in [0.717, 1.165) is 18.4 Å². The Balaban J connectivity index is 1.59. The second-order valence-electron chi connectivity index (χ2n) is 8.74. The summed E-state index contributed by atoms with van der Waals surface area (Å²) in [6.07, 6.45) is 5.02. The van der Waals surface area contributed by atoms with E-state index < -0.39 is 5.82 Å². The number of aromatic amines is 1. The van der Waals surface area contributed by atoms with Crippen molar-refractivity contribution in [2.24, 2.45) is 7.05 Å². The molecule has 1 fully saturated rings. The lowest BCUT2D eigenvalue weighted by atomic mass is 9.94. The summed E-state index contributed by atoms with van der Waals surface area (Å²) in [5, 5.41) is 21.9. The van der Waals surface area contributed by atoms with Crippen LogP contribution in [0.25, 0.3) is 33.2 Å². The summed E-state index contributed by atoms with van der Waals surface area (Å²) in [4.78, 5) is 14.0. The first-order chi connectivity index (χ1) is 15.9. The number of rotatable bonds is 2. The lowest BCUT2D eigenvalue weighted by molar-refractivity contribution is 0.173. The largest absolute Gasteiger partial charge is 0.482 e. The predicted molar refractivity (Wildman–Crippen MR) is 121 cm³/mol. The number of nitrogens with zero attached hydrogens (tertiary/aromatic N) is 5. The fourth-order valence-electron chi connectivity index (χ4n) is 4.72. The number of hydrogen-bond donors (Lipinski definition) is 1. The molecule has 8 nitrogen and oxygen atoms in total. The molecule has 1 saturated carbocycles. The van der Waals surface area contributed by atoms with Gasteiger partial charge in [0.15, 0.2) is 5.75 Å². The SMILES string of the molecule is CN1CC2(CC2)Oc2c1cc(F)c(-c1c(-c3ccc4c(=O)[nH]ncc4c3)cnn1C)c2C#N. The molecule has 164 valence electrons. The molecular weight excluding hydrogens is 423 g/mol. The van der Waals surface area contributed by atoms with E-state index in [4.69, 9.17) is 4.74 Å². The van der Waals surface area contributed by atoms with Gasteiger partial charge < -0.3 is 9.64 Å². The van der Waals surface area contributed by atoms with E-state index in [0.29, 0.717) is 40.0 Å². The maximum atomic E-state index is 15.6. The van der Waals surface area contributed by atoms with Crippen LogP contribution in [0, 0.1) is 17.1 Å². The van der Waals surface area contributed by atoms with E-state index in [-0.39, 0.29) is 22.3 Å². The van der Waals surface area contributed by atoms with Gasteiger partial charge in [0.2, 0.25) is 0 Å². The Morgan fingerprint density at radius 3 is 2.82 bits per heavy atom. The zero-order valence-corrected chi connectivity index (χ0v) is 18.0. The van der Waals surface area contributed by atoms with Crippen LogP contribution >= 0.6 is 0 Å². The highest BCUT2D eigenvalue weighted by molar-refractivity contribution is 5.92. The highest BCUT2D eigenvalue weighted by Crippen LogP contribution is 2.52. The summed E-state index contributed by atoms with van der Waals surface area (Å²) in [5.74, 6) is -0.0993. The molecule has 9 heteroatoms. The predicted octanol–water partition coefficient (Wildman–Crippen LogP) is 3.36. The number of H-pyrrole nitrogens is 1. The zero-order valence-electron chi connectivity index (χ0n) is 18.0. The van der Waals surface area contributed by atoms with Crippen molar-refractivity contribution in [2.75, 3.05) is 18.5 Å². The molecule has 1 N–H and O–H groups in total. The second-order valence-corrected chi connectivity index (χ2v) is 8.74. The first-order valence-corrected chi connectivity index (χ1v) is 10.6. The summed E-state index contributed by atoms with van der Waals surface area (Å²) in [6, 6.07) is 8.92. The van der Waals surface area contributed by atoms with Crippen LogP contribution in [-0.4, -0.2) is 39.2 Å². The van der Waals surface area contributed by atoms with Crippen molar-refractivity contribution in [1.82, 2.24) is 20.0 Å². The molecule has 0 radical (unpaired) electrons. The van der Waals surface area contributed by atoms with E-state index in [1.165, 1.54) is 6.07 Å². The van der Waals surface area contributed by atoms with E-state index in [9.17, 15) is 10.1 Å². The molecule has 2 aliphatic rings. The monoisotopic (exact) mass is 442 g/mol. The second kappa shape index (κ2) is 6.65. The van der Waals surface area contributed by atoms with Crippen LogP contribution in [0.1, 0.15) is 18.4 Å². The maximum absolute atomic E-state index is 15.6. The number of ether oxygens (including phenoxy) is 1. The number of anilines is 1. The van der Waals surface area contributed by atoms with Crippen LogP contribution < -0.4 is 15.2 Å². The fourth-order valence-corrected chi connectivity index (χ4v) is 4.72. The van der Waals surface area contributed by atoms with Gasteiger partial charge in [0.05, 0.1) is 41.3 Å². The van der Waals surface area contributed by atoms with Gasteiger partial charge in [-0.25, -0.2) is 9.49 Å². The van der Waals surface area contributed by atoms with Crippen molar-refractivity contribution in [3.05, 3.63) is 58.4 Å². The Kier molecular flexibility index (Phi) is 3.93. The van der Waals surface area contributed by atoms with Gasteiger partial charge in [-0.3, -0.25) is 9.48 Å². The molecule has 1 aliphatic carbocycles. The first kappa shape index (κ1) is 19.5. The van der Waals surface area contributed by atoms with Gasteiger partial charge in [-0.2, -0.15) is 15.5 Å². The smallest absolute Gasteiger partial charge is 0.272 e. The zero-order chi connectivity index (χ0) is 22.9. The fraction of sp³-hybridized carbons (Fsp3) is 0.250. The number of fused-ring (bicyclic) bond motifs is 2. The third-order valence-electron chi connectivity index (χ3n) is 6.54. The van der Waals surface area contributed by atoms with Crippen LogP contribution in [0.4, 0.5) is 10.1 Å². The lowest BCUT2D eigenvalue weighted by Gasteiger charge is -2.35. The lowest BCUT2D eigenvalue weighted by Crippen LogP contribution is -2.39. The number of halogens is 1. The summed E-state index contributed by atoms with van der Waals surface area (Å²) in [6.45, 7) is 0.671. The summed E-state index contributed by atoms with van der Waals surface area (Å²) >= 11 is 0. The van der Waals surface area contributed by atoms with Crippen LogP contribution in [-0.2, 0) is 7.05 Å². The summed E-state index contributed by atoms with van der Waals surface area (Å²) in [7, 11) is 3.60. The molecule has 4 aromatic rings. The van der Waals surface area contributed by atoms with E-state index >= 15 is 4.39 Å². The molecular formula is C24H19FN6O2. The molecule has 0 saturated heterocycles. The Morgan fingerprint density at radius 1 is 1.24 bits per heavy atom. The molecule has 0 unspecified atom stereocenters. The number of benzene rings is 2. The van der Waals surface area contributed by atoms with Crippen molar-refractivity contribution in [2.45, 2.75) is 18.4 Å². The van der Waals surface area contributed by atoms with Crippen LogP contribution in [0.15, 0.2) is 41.5 Å². The average molecular weight is 442 g/mol. The van der Waals surface area contributed by atoms with Crippen LogP contribution in [0.2, 0.25) is 0 Å². The topological polar surface area (TPSA) is 99.8 Å². The Bertz CT molecular complexity index is 1560. The molecule has 6 rings (SSSR count). The highest BCUT2D eigenvalue weighted by Gasteiger charge is 2.50. The average Bonchev–Trinajstić information content (AvgIpc) is 3.43. The summed E-state index contributed by atoms with van der Waals surface area (Å²) < 4.78 is 23.4. The number of hydrogen-bond acceptors (Lipinski definition) is 6. The van der Waals surface area contributed by atoms with Crippen LogP contribution in [0.5, 0.6) is 5.75 Å². The number of aromatic nitrogens is 4. The highest BCUT2D eigenvalue weighted by atomic mass is 19.1. The minimum atomic E-state index is -0.517. The van der Waals surface area contributed by atoms with Gasteiger partial charge >= 0.3 is 0 Å². The van der Waals surface area contributed by atoms with Gasteiger partial charge in [-0.05, 0) is 30.5 Å². The minimum absolute atomic E-state index is 0.154. The number of likely N-dealkylation sites (N-methyl/N-ethyl adjacent to an activating group) is 1. The van der Waals surface area contributed by atoms with Crippen molar-refractivity contribution < 1.29 is 9.13 Å². The third-order valence-corrected chi connectivity index (χ3v) is 6.54. The van der Waals surface area contributed by atoms with Gasteiger partial charge in [0.25, 0.3) is 5.56 Å². The maximum Gasteiger partial charge on any atom is 0.272 e. The van der Waals surface area contributed by atoms with E-state index in [1.54, 1.807) is 36.3 Å². The van der Waals surface area contributed by atoms with E-state index in [1.807, 2.05) is 18.0 Å². The number of nitrogens with one attached hydrogen (secondary N) is 1. The summed E-state index contributed by atoms with van der Waals surface area (Å²) in [5.41, 5.74) is 2.14. The molecule has 0 amide bonds. The first-order valence-electron chi connectivity index (χ1n) is 10.6. The van der Waals surface area contributed by atoms with Crippen molar-refractivity contribution in [1.29, 1.82) is 5.26 Å². The molecule has 2 aromatic heterocycles. The molecule has 2 aromatic carbocycles. The van der Waals surface area contributed by atoms with Gasteiger partial charge in [0.1, 0.15) is 23.1 Å². The number of aryl methyl sites for hydroxylation is 1. The molecule has 1 aliphatic heterocycles. The van der Waals surface area contributed by atoms with E-state index in [2.05, 4.69) is 21.4 Å². The van der Waals surface area contributed by atoms with Crippen molar-refractivity contribution >= 4 is 16.5 Å². The standard InChI is InChI=1S/C24H19FN6O2/c1-30-12-24(5-6-24)33-22-16(9-26)20(18(25)8-19(22)30)21-17(11-28-31(21)2)13-3-4-15-14(7-13)10-27-29-23(15)32/h3-4,7-8,10-11H,5-6,12H2,1-2H3,(H,29,32). The normalized spacial score (nSPS) is 15.9. The van der Waals surface area contributed by atoms with Crippen LogP contribution in [0.3, 0.4) is 0 Å². The quantitative estimate of drug-likeness (QED) is 0.511. The molecule has 0 bridgehead atoms. The minimum Gasteiger partial charge on any atom is -0.482 e. The Morgan fingerprint density at radius 2 is 2.06 bits per heavy atom. The van der Waals surface area contributed by atoms with Gasteiger partial charge in [-0.15, -0.1) is 0 Å². The van der Waals surface area contributed by atoms with Gasteiger partial charge in [-0.1, -0.05) is 6.07 Å². The Labute approximate surface area is 187 Å².